The molecule has 0 bridgehead atoms. The van der Waals surface area contributed by atoms with Gasteiger partial charge < -0.3 is 25.3 Å². The first-order valence-electron chi connectivity index (χ1n) is 10.5. The maximum Gasteiger partial charge on any atom is 0.216 e. The number of nitrogens with one attached hydrogen (secondary N) is 3. The molecular weight excluding hydrogens is 416 g/mol. The Kier molecular flexibility index (Phi) is 6.58. The van der Waals surface area contributed by atoms with Gasteiger partial charge >= 0.3 is 0 Å². The van der Waals surface area contributed by atoms with Crippen LogP contribution in [-0.2, 0) is 4.79 Å². The molecule has 0 saturated carbocycles. The monoisotopic (exact) mass is 442 g/mol. The molecule has 1 amide bonds. The first-order chi connectivity index (χ1) is 15.0. The third kappa shape index (κ3) is 5.26. The average molecular weight is 443 g/mol. The van der Waals surface area contributed by atoms with Gasteiger partial charge in [0, 0.05) is 18.5 Å². The van der Waals surface area contributed by atoms with E-state index in [1.54, 1.807) is 6.20 Å². The highest BCUT2D eigenvalue weighted by atomic mass is 35.5. The van der Waals surface area contributed by atoms with Gasteiger partial charge in [-0.2, -0.15) is 0 Å². The number of fused-ring (bicyclic) bond motifs is 1. The Morgan fingerprint density at radius 3 is 2.74 bits per heavy atom. The number of piperidine rings is 1. The number of likely N-dealkylation sites (tertiary alicyclic amines) is 1. The number of aromatic amines is 1. The van der Waals surface area contributed by atoms with E-state index in [0.717, 1.165) is 54.3 Å². The van der Waals surface area contributed by atoms with Gasteiger partial charge in [-0.15, -0.1) is 0 Å². The number of nitrogens with zero attached hydrogens (tertiary/aromatic N) is 3. The molecule has 1 aromatic carbocycles. The SMILES string of the molecule is CC(=O)NCCOc1ccc(-c2nc3ncc(Cl)c(NC4CCN(C)CC4)c3[nH]2)cc1. The van der Waals surface area contributed by atoms with Crippen molar-refractivity contribution in [3.8, 4) is 17.1 Å². The van der Waals surface area contributed by atoms with Crippen LogP contribution in [0.4, 0.5) is 5.69 Å². The number of ether oxygens (including phenoxy) is 1. The summed E-state index contributed by atoms with van der Waals surface area (Å²) < 4.78 is 5.64. The quantitative estimate of drug-likeness (QED) is 0.486. The smallest absolute Gasteiger partial charge is 0.216 e. The normalized spacial score (nSPS) is 15.2. The molecule has 0 atom stereocenters. The maximum atomic E-state index is 10.9. The zero-order valence-corrected chi connectivity index (χ0v) is 18.5. The van der Waals surface area contributed by atoms with Crippen LogP contribution in [0, 0.1) is 0 Å². The van der Waals surface area contributed by atoms with Crippen LogP contribution in [0.3, 0.4) is 0 Å². The molecule has 1 aliphatic rings. The van der Waals surface area contributed by atoms with E-state index in [4.69, 9.17) is 16.3 Å². The average Bonchev–Trinajstić information content (AvgIpc) is 3.20. The Morgan fingerprint density at radius 1 is 1.29 bits per heavy atom. The topological polar surface area (TPSA) is 95.2 Å². The molecule has 0 radical (unpaired) electrons. The minimum atomic E-state index is -0.0674. The number of carbonyl (C=O) groups is 1. The van der Waals surface area contributed by atoms with Crippen molar-refractivity contribution in [3.63, 3.8) is 0 Å². The summed E-state index contributed by atoms with van der Waals surface area (Å²) in [4.78, 5) is 25.7. The number of amides is 1. The first-order valence-corrected chi connectivity index (χ1v) is 10.8. The summed E-state index contributed by atoms with van der Waals surface area (Å²) >= 11 is 6.48. The van der Waals surface area contributed by atoms with Crippen molar-refractivity contribution >= 4 is 34.4 Å². The molecule has 9 heteroatoms. The predicted molar refractivity (Wildman–Crippen MR) is 123 cm³/mol. The Labute approximate surface area is 186 Å². The van der Waals surface area contributed by atoms with Gasteiger partial charge in [0.1, 0.15) is 23.7 Å². The van der Waals surface area contributed by atoms with E-state index in [1.165, 1.54) is 6.92 Å². The van der Waals surface area contributed by atoms with Crippen molar-refractivity contribution in [1.82, 2.24) is 25.2 Å². The number of hydrogen-bond acceptors (Lipinski definition) is 6. The van der Waals surface area contributed by atoms with Gasteiger partial charge in [-0.3, -0.25) is 4.79 Å². The predicted octanol–water partition coefficient (Wildman–Crippen LogP) is 3.30. The molecule has 1 aliphatic heterocycles. The number of pyridine rings is 1. The lowest BCUT2D eigenvalue weighted by atomic mass is 10.1. The van der Waals surface area contributed by atoms with Gasteiger partial charge in [0.05, 0.1) is 23.5 Å². The number of carbonyl (C=O) groups excluding carboxylic acids is 1. The molecule has 31 heavy (non-hydrogen) atoms. The summed E-state index contributed by atoms with van der Waals surface area (Å²) in [6.45, 7) is 4.50. The van der Waals surface area contributed by atoms with E-state index in [9.17, 15) is 4.79 Å². The summed E-state index contributed by atoms with van der Waals surface area (Å²) in [5, 5.41) is 6.89. The Morgan fingerprint density at radius 2 is 2.03 bits per heavy atom. The Hall–Kier alpha value is -2.84. The number of halogens is 1. The second kappa shape index (κ2) is 9.53. The second-order valence-corrected chi connectivity index (χ2v) is 8.25. The molecule has 2 aromatic heterocycles. The number of H-pyrrole nitrogens is 1. The minimum absolute atomic E-state index is 0.0674. The van der Waals surface area contributed by atoms with Gasteiger partial charge in [-0.05, 0) is 57.2 Å². The van der Waals surface area contributed by atoms with E-state index in [1.807, 2.05) is 24.3 Å². The van der Waals surface area contributed by atoms with E-state index >= 15 is 0 Å². The molecule has 4 rings (SSSR count). The summed E-state index contributed by atoms with van der Waals surface area (Å²) in [6, 6.07) is 8.02. The van der Waals surface area contributed by atoms with Crippen LogP contribution in [0.1, 0.15) is 19.8 Å². The molecular formula is C22H27ClN6O2. The zero-order valence-electron chi connectivity index (χ0n) is 17.7. The second-order valence-electron chi connectivity index (χ2n) is 7.84. The van der Waals surface area contributed by atoms with Gasteiger partial charge in [0.15, 0.2) is 5.65 Å². The van der Waals surface area contributed by atoms with Gasteiger partial charge in [0.2, 0.25) is 5.91 Å². The molecule has 3 N–H and O–H groups in total. The van der Waals surface area contributed by atoms with Gasteiger partial charge in [0.25, 0.3) is 0 Å². The lowest BCUT2D eigenvalue weighted by molar-refractivity contribution is -0.119. The van der Waals surface area contributed by atoms with Crippen molar-refractivity contribution < 1.29 is 9.53 Å². The highest BCUT2D eigenvalue weighted by molar-refractivity contribution is 6.34. The van der Waals surface area contributed by atoms with Crippen molar-refractivity contribution in [2.24, 2.45) is 0 Å². The third-order valence-corrected chi connectivity index (χ3v) is 5.70. The van der Waals surface area contributed by atoms with Crippen molar-refractivity contribution in [1.29, 1.82) is 0 Å². The molecule has 8 nitrogen and oxygen atoms in total. The Balaban J connectivity index is 1.49. The van der Waals surface area contributed by atoms with Crippen LogP contribution < -0.4 is 15.4 Å². The zero-order chi connectivity index (χ0) is 21.8. The number of aromatic nitrogens is 3. The van der Waals surface area contributed by atoms with Crippen LogP contribution in [-0.4, -0.2) is 65.1 Å². The lowest BCUT2D eigenvalue weighted by Gasteiger charge is -2.30. The number of benzene rings is 1. The number of anilines is 1. The Bertz CT molecular complexity index is 1040. The number of hydrogen-bond donors (Lipinski definition) is 3. The summed E-state index contributed by atoms with van der Waals surface area (Å²) in [6.07, 6.45) is 3.79. The van der Waals surface area contributed by atoms with E-state index in [2.05, 4.69) is 37.5 Å². The summed E-state index contributed by atoms with van der Waals surface area (Å²) in [5.41, 5.74) is 3.23. The molecule has 164 valence electrons. The highest BCUT2D eigenvalue weighted by Gasteiger charge is 2.20. The van der Waals surface area contributed by atoms with Crippen LogP contribution in [0.15, 0.2) is 30.5 Å². The van der Waals surface area contributed by atoms with Crippen LogP contribution >= 0.6 is 11.6 Å². The van der Waals surface area contributed by atoms with Gasteiger partial charge in [-0.25, -0.2) is 9.97 Å². The number of rotatable bonds is 7. The molecule has 0 aliphatic carbocycles. The van der Waals surface area contributed by atoms with Crippen molar-refractivity contribution in [3.05, 3.63) is 35.5 Å². The fourth-order valence-corrected chi connectivity index (χ4v) is 3.87. The third-order valence-electron chi connectivity index (χ3n) is 5.41. The van der Waals surface area contributed by atoms with Crippen molar-refractivity contribution in [2.75, 3.05) is 38.6 Å². The van der Waals surface area contributed by atoms with Crippen molar-refractivity contribution in [2.45, 2.75) is 25.8 Å². The van der Waals surface area contributed by atoms with E-state index < -0.39 is 0 Å². The molecule has 1 saturated heterocycles. The molecule has 3 aromatic rings. The maximum absolute atomic E-state index is 10.9. The summed E-state index contributed by atoms with van der Waals surface area (Å²) in [7, 11) is 2.15. The highest BCUT2D eigenvalue weighted by Crippen LogP contribution is 2.32. The van der Waals surface area contributed by atoms with E-state index in [0.29, 0.717) is 29.9 Å². The minimum Gasteiger partial charge on any atom is -0.492 e. The molecule has 0 spiro atoms. The first kappa shape index (κ1) is 21.4. The summed E-state index contributed by atoms with van der Waals surface area (Å²) in [5.74, 6) is 1.39. The molecule has 0 unspecified atom stereocenters. The van der Waals surface area contributed by atoms with Crippen LogP contribution in [0.2, 0.25) is 5.02 Å². The largest absolute Gasteiger partial charge is 0.492 e. The van der Waals surface area contributed by atoms with Crippen LogP contribution in [0.25, 0.3) is 22.6 Å². The number of imidazole rings is 1. The molecule has 3 heterocycles. The van der Waals surface area contributed by atoms with Crippen LogP contribution in [0.5, 0.6) is 5.75 Å². The standard InChI is InChI=1S/C22H27ClN6O2/c1-14(30)24-9-12-31-17-5-3-15(4-6-17)21-27-20-19(18(23)13-25-22(20)28-21)26-16-7-10-29(2)11-8-16/h3-6,13,16H,7-12H2,1-2H3,(H,24,30)(H2,25,26,27,28). The van der Waals surface area contributed by atoms with Gasteiger partial charge in [-0.1, -0.05) is 11.6 Å². The fourth-order valence-electron chi connectivity index (χ4n) is 3.67. The lowest BCUT2D eigenvalue weighted by Crippen LogP contribution is -2.36. The molecule has 1 fully saturated rings. The fraction of sp³-hybridized carbons (Fsp3) is 0.409. The van der Waals surface area contributed by atoms with E-state index in [-0.39, 0.29) is 5.91 Å².